The van der Waals surface area contributed by atoms with E-state index in [1.54, 1.807) is 5.92 Å². The van der Waals surface area contributed by atoms with Gasteiger partial charge in [0.25, 0.3) is 0 Å². The quantitative estimate of drug-likeness (QED) is 0.282. The normalized spacial score (nSPS) is 10.4. The molecule has 0 aliphatic heterocycles. The average molecular weight is 192 g/mol. The first-order valence-corrected chi connectivity index (χ1v) is 4.64. The molecule has 0 aromatic heterocycles. The highest BCUT2D eigenvalue weighted by atomic mass is 31.2. The Morgan fingerprint density at radius 3 is 2.33 bits per heavy atom. The molecule has 12 heavy (non-hydrogen) atoms. The summed E-state index contributed by atoms with van der Waals surface area (Å²) in [6.45, 7) is 0. The number of carbonyl (C=O) groups is 1. The van der Waals surface area contributed by atoms with Crippen LogP contribution in [0.1, 0.15) is 0 Å². The molecule has 6 heteroatoms. The molecule has 0 rings (SSSR count). The summed E-state index contributed by atoms with van der Waals surface area (Å²) in [5, 5.41) is 0. The zero-order chi connectivity index (χ0) is 9.61. The van der Waals surface area contributed by atoms with E-state index in [1.165, 1.54) is 14.2 Å². The lowest BCUT2D eigenvalue weighted by Crippen LogP contribution is -2.05. The second-order valence-electron chi connectivity index (χ2n) is 1.68. The monoisotopic (exact) mass is 192 g/mol. The van der Waals surface area contributed by atoms with Gasteiger partial charge in [-0.05, 0) is 0 Å². The molecule has 0 saturated heterocycles. The number of esters is 1. The molecule has 0 fully saturated rings. The highest BCUT2D eigenvalue weighted by Crippen LogP contribution is 2.45. The maximum Gasteiger partial charge on any atom is 0.384 e. The van der Waals surface area contributed by atoms with Gasteiger partial charge in [-0.1, -0.05) is 0 Å². The summed E-state index contributed by atoms with van der Waals surface area (Å²) < 4.78 is 24.5. The summed E-state index contributed by atoms with van der Waals surface area (Å²) in [7, 11) is -0.910. The fourth-order valence-corrected chi connectivity index (χ4v) is 0.995. The van der Waals surface area contributed by atoms with Crippen molar-refractivity contribution in [3.8, 4) is 12.3 Å². The summed E-state index contributed by atoms with van der Waals surface area (Å²) in [6, 6.07) is 0. The van der Waals surface area contributed by atoms with Crippen LogP contribution in [0.25, 0.3) is 0 Å². The molecular weight excluding hydrogens is 183 g/mol. The van der Waals surface area contributed by atoms with Gasteiger partial charge in [0.05, 0.1) is 0 Å². The van der Waals surface area contributed by atoms with E-state index in [9.17, 15) is 9.36 Å². The zero-order valence-electron chi connectivity index (χ0n) is 6.77. The van der Waals surface area contributed by atoms with E-state index in [0.29, 0.717) is 0 Å². The molecule has 5 nitrogen and oxygen atoms in total. The molecular formula is C6H9O5P. The lowest BCUT2D eigenvalue weighted by atomic mass is 10.7. The first-order chi connectivity index (χ1) is 5.58. The largest absolute Gasteiger partial charge is 0.443 e. The van der Waals surface area contributed by atoms with Gasteiger partial charge in [0.1, 0.15) is 0 Å². The molecule has 0 saturated carbocycles. The minimum atomic E-state index is -3.29. The van der Waals surface area contributed by atoms with E-state index >= 15 is 0 Å². The van der Waals surface area contributed by atoms with E-state index in [1.807, 2.05) is 0 Å². The van der Waals surface area contributed by atoms with E-state index in [-0.39, 0.29) is 0 Å². The summed E-state index contributed by atoms with van der Waals surface area (Å²) in [5.41, 5.74) is 0. The van der Waals surface area contributed by atoms with Crippen LogP contribution < -0.4 is 0 Å². The Balaban J connectivity index is 4.00. The summed E-state index contributed by atoms with van der Waals surface area (Å²) >= 11 is 0. The third-order valence-electron chi connectivity index (χ3n) is 1.03. The van der Waals surface area contributed by atoms with Crippen LogP contribution in [0.5, 0.6) is 0 Å². The van der Waals surface area contributed by atoms with Gasteiger partial charge in [0, 0.05) is 20.1 Å². The maximum atomic E-state index is 11.2. The van der Waals surface area contributed by atoms with E-state index in [4.69, 9.17) is 0 Å². The highest BCUT2D eigenvalue weighted by molar-refractivity contribution is 7.53. The molecule has 0 aliphatic rings. The first kappa shape index (κ1) is 11.2. The molecule has 0 radical (unpaired) electrons. The van der Waals surface area contributed by atoms with Crippen LogP contribution in [-0.2, 0) is 23.1 Å². The number of terminal acetylenes is 1. The van der Waals surface area contributed by atoms with Gasteiger partial charge in [-0.25, -0.2) is 4.79 Å². The Bertz CT molecular complexity index is 233. The average Bonchev–Trinajstić information content (AvgIpc) is 2.13. The Kier molecular flexibility index (Phi) is 4.60. The van der Waals surface area contributed by atoms with Crippen LogP contribution in [0.4, 0.5) is 0 Å². The molecule has 0 aromatic rings. The molecule has 68 valence electrons. The molecule has 0 aliphatic carbocycles. The number of carbonyl (C=O) groups excluding carboxylic acids is 1. The van der Waals surface area contributed by atoms with Crippen molar-refractivity contribution in [2.24, 2.45) is 0 Å². The first-order valence-electron chi connectivity index (χ1n) is 2.92. The van der Waals surface area contributed by atoms with Crippen LogP contribution in [0.3, 0.4) is 0 Å². The minimum absolute atomic E-state index is 0.469. The van der Waals surface area contributed by atoms with Crippen molar-refractivity contribution in [3.63, 3.8) is 0 Å². The van der Waals surface area contributed by atoms with Crippen molar-refractivity contribution in [1.82, 2.24) is 0 Å². The number of hydrogen-bond donors (Lipinski definition) is 0. The standard InChI is InChI=1S/C6H9O5P/c1-4-6(7)11-5-12(8,9-2)10-3/h1H,5H2,2-3H3. The topological polar surface area (TPSA) is 61.8 Å². The molecule has 0 bridgehead atoms. The SMILES string of the molecule is C#CC(=O)OCP(=O)(OC)OC. The second kappa shape index (κ2) is 4.94. The third-order valence-corrected chi connectivity index (χ3v) is 2.59. The fraction of sp³-hybridized carbons (Fsp3) is 0.500. The van der Waals surface area contributed by atoms with Crippen LogP contribution >= 0.6 is 7.60 Å². The van der Waals surface area contributed by atoms with Crippen molar-refractivity contribution >= 4 is 13.6 Å². The van der Waals surface area contributed by atoms with Crippen LogP contribution in [-0.4, -0.2) is 26.5 Å². The molecule has 0 amide bonds. The lowest BCUT2D eigenvalue weighted by Gasteiger charge is -2.11. The number of hydrogen-bond acceptors (Lipinski definition) is 5. The van der Waals surface area contributed by atoms with Gasteiger partial charge < -0.3 is 13.8 Å². The predicted molar refractivity (Wildman–Crippen MR) is 41.4 cm³/mol. The van der Waals surface area contributed by atoms with Crippen LogP contribution in [0.2, 0.25) is 0 Å². The highest BCUT2D eigenvalue weighted by Gasteiger charge is 2.22. The zero-order valence-corrected chi connectivity index (χ0v) is 7.67. The van der Waals surface area contributed by atoms with Crippen molar-refractivity contribution < 1.29 is 23.1 Å². The van der Waals surface area contributed by atoms with Crippen molar-refractivity contribution in [2.75, 3.05) is 20.6 Å². The molecule has 0 heterocycles. The summed E-state index contributed by atoms with van der Waals surface area (Å²) in [6.07, 6.45) is 4.22. The Morgan fingerprint density at radius 1 is 1.50 bits per heavy atom. The van der Waals surface area contributed by atoms with Gasteiger partial charge in [0.15, 0.2) is 6.35 Å². The Hall–Kier alpha value is -0.820. The van der Waals surface area contributed by atoms with E-state index in [0.717, 1.165) is 0 Å². The number of ether oxygens (including phenoxy) is 1. The number of rotatable bonds is 4. The molecule has 0 unspecified atom stereocenters. The Morgan fingerprint density at radius 2 is 2.00 bits per heavy atom. The van der Waals surface area contributed by atoms with Crippen molar-refractivity contribution in [3.05, 3.63) is 0 Å². The maximum absolute atomic E-state index is 11.2. The summed E-state index contributed by atoms with van der Waals surface area (Å²) in [4.78, 5) is 10.4. The fourth-order valence-electron chi connectivity index (χ4n) is 0.359. The Labute approximate surface area is 70.5 Å². The molecule has 0 atom stereocenters. The third kappa shape index (κ3) is 3.54. The molecule has 0 N–H and O–H groups in total. The van der Waals surface area contributed by atoms with Crippen molar-refractivity contribution in [2.45, 2.75) is 0 Å². The lowest BCUT2D eigenvalue weighted by molar-refractivity contribution is -0.135. The van der Waals surface area contributed by atoms with E-state index in [2.05, 4.69) is 20.2 Å². The van der Waals surface area contributed by atoms with Crippen LogP contribution in [0, 0.1) is 12.3 Å². The summed E-state index contributed by atoms with van der Waals surface area (Å²) in [5.74, 6) is 0.794. The molecule has 0 spiro atoms. The van der Waals surface area contributed by atoms with Gasteiger partial charge in [-0.2, -0.15) is 0 Å². The predicted octanol–water partition coefficient (Wildman–Crippen LogP) is 0.606. The minimum Gasteiger partial charge on any atom is -0.443 e. The van der Waals surface area contributed by atoms with Crippen LogP contribution in [0.15, 0.2) is 0 Å². The van der Waals surface area contributed by atoms with Crippen molar-refractivity contribution in [1.29, 1.82) is 0 Å². The second-order valence-corrected chi connectivity index (χ2v) is 3.89. The van der Waals surface area contributed by atoms with Gasteiger partial charge >= 0.3 is 13.6 Å². The van der Waals surface area contributed by atoms with Gasteiger partial charge in [-0.3, -0.25) is 4.57 Å². The van der Waals surface area contributed by atoms with E-state index < -0.39 is 19.9 Å². The molecule has 0 aromatic carbocycles. The smallest absolute Gasteiger partial charge is 0.384 e. The van der Waals surface area contributed by atoms with Gasteiger partial charge in [0.2, 0.25) is 0 Å². The van der Waals surface area contributed by atoms with Gasteiger partial charge in [-0.15, -0.1) is 6.42 Å².